The highest BCUT2D eigenvalue weighted by atomic mass is 32.2. The summed E-state index contributed by atoms with van der Waals surface area (Å²) in [7, 11) is 0. The number of carbonyl (C=O) groups excluding carboxylic acids is 1. The molecule has 0 spiro atoms. The fraction of sp³-hybridized carbons (Fsp3) is 0.556. The summed E-state index contributed by atoms with van der Waals surface area (Å²) in [5.74, 6) is 0.457. The van der Waals surface area contributed by atoms with Crippen molar-refractivity contribution >= 4 is 29.3 Å². The van der Waals surface area contributed by atoms with E-state index in [1.165, 1.54) is 0 Å². The van der Waals surface area contributed by atoms with Crippen molar-refractivity contribution in [2.24, 2.45) is 0 Å². The number of aliphatic carboxylic acids is 1. The number of anilines is 1. The van der Waals surface area contributed by atoms with Crippen LogP contribution in [0.2, 0.25) is 0 Å². The average molecular weight is 367 g/mol. The molecule has 7 heteroatoms. The van der Waals surface area contributed by atoms with Crippen LogP contribution in [0, 0.1) is 0 Å². The molecule has 0 bridgehead atoms. The van der Waals surface area contributed by atoms with Gasteiger partial charge in [0.25, 0.3) is 0 Å². The number of carbonyl (C=O) groups is 2. The molecule has 138 valence electrons. The van der Waals surface area contributed by atoms with Gasteiger partial charge in [-0.15, -0.1) is 0 Å². The Kier molecular flexibility index (Phi) is 8.79. The minimum atomic E-state index is -0.781. The van der Waals surface area contributed by atoms with Crippen molar-refractivity contribution in [3.05, 3.63) is 29.8 Å². The average Bonchev–Trinajstić information content (AvgIpc) is 2.60. The van der Waals surface area contributed by atoms with Crippen molar-refractivity contribution in [2.75, 3.05) is 30.9 Å². The summed E-state index contributed by atoms with van der Waals surface area (Å²) in [6, 6.07) is 7.63. The fourth-order valence-electron chi connectivity index (χ4n) is 2.47. The van der Waals surface area contributed by atoms with Crippen molar-refractivity contribution in [3.8, 4) is 0 Å². The van der Waals surface area contributed by atoms with Gasteiger partial charge in [0.2, 0.25) is 5.91 Å². The fourth-order valence-corrected chi connectivity index (χ4v) is 3.35. The molecular weight excluding hydrogens is 342 g/mol. The standard InChI is InChI=1S/C18H25NO5S/c20-17(6-10-24-16-4-8-23-9-5-16)19-15-3-1-2-14(12-15)13-25-11-7-18(21)22/h1-3,12,16H,4-11,13H2,(H,19,20)(H,21,22). The van der Waals surface area contributed by atoms with Gasteiger partial charge >= 0.3 is 5.97 Å². The van der Waals surface area contributed by atoms with E-state index in [0.29, 0.717) is 18.8 Å². The maximum Gasteiger partial charge on any atom is 0.304 e. The Morgan fingerprint density at radius 3 is 2.84 bits per heavy atom. The number of benzene rings is 1. The number of hydrogen-bond donors (Lipinski definition) is 2. The second-order valence-electron chi connectivity index (χ2n) is 5.88. The van der Waals surface area contributed by atoms with Crippen LogP contribution in [0.1, 0.15) is 31.2 Å². The van der Waals surface area contributed by atoms with E-state index in [9.17, 15) is 9.59 Å². The van der Waals surface area contributed by atoms with E-state index >= 15 is 0 Å². The van der Waals surface area contributed by atoms with E-state index in [4.69, 9.17) is 14.6 Å². The minimum Gasteiger partial charge on any atom is -0.481 e. The van der Waals surface area contributed by atoms with E-state index in [1.807, 2.05) is 24.3 Å². The van der Waals surface area contributed by atoms with Crippen molar-refractivity contribution in [1.82, 2.24) is 0 Å². The van der Waals surface area contributed by atoms with Crippen molar-refractivity contribution < 1.29 is 24.2 Å². The van der Waals surface area contributed by atoms with Crippen LogP contribution in [0.25, 0.3) is 0 Å². The van der Waals surface area contributed by atoms with Crippen molar-refractivity contribution in [1.29, 1.82) is 0 Å². The Morgan fingerprint density at radius 1 is 1.28 bits per heavy atom. The van der Waals surface area contributed by atoms with Crippen molar-refractivity contribution in [2.45, 2.75) is 37.5 Å². The number of hydrogen-bond acceptors (Lipinski definition) is 5. The number of carboxylic acid groups (broad SMARTS) is 1. The molecule has 6 nitrogen and oxygen atoms in total. The van der Waals surface area contributed by atoms with Gasteiger partial charge in [-0.05, 0) is 30.5 Å². The second kappa shape index (κ2) is 11.1. The molecule has 0 radical (unpaired) electrons. The number of ether oxygens (including phenoxy) is 2. The highest BCUT2D eigenvalue weighted by Crippen LogP contribution is 2.17. The van der Waals surface area contributed by atoms with Crippen LogP contribution >= 0.6 is 11.8 Å². The third-order valence-electron chi connectivity index (χ3n) is 3.79. The van der Waals surface area contributed by atoms with Crippen LogP contribution in [-0.2, 0) is 24.8 Å². The number of rotatable bonds is 10. The summed E-state index contributed by atoms with van der Waals surface area (Å²) in [5.41, 5.74) is 1.82. The summed E-state index contributed by atoms with van der Waals surface area (Å²) in [6.07, 6.45) is 2.47. The molecule has 1 saturated heterocycles. The summed E-state index contributed by atoms with van der Waals surface area (Å²) < 4.78 is 11.0. The van der Waals surface area contributed by atoms with E-state index in [-0.39, 0.29) is 18.4 Å². The first-order chi connectivity index (χ1) is 12.1. The third kappa shape index (κ3) is 8.38. The first-order valence-electron chi connectivity index (χ1n) is 8.51. The van der Waals surface area contributed by atoms with E-state index in [0.717, 1.165) is 43.1 Å². The Hall–Kier alpha value is -1.57. The summed E-state index contributed by atoms with van der Waals surface area (Å²) in [6.45, 7) is 1.88. The SMILES string of the molecule is O=C(O)CCSCc1cccc(NC(=O)CCOC2CCOCC2)c1. The van der Waals surface area contributed by atoms with Gasteiger partial charge in [0.15, 0.2) is 0 Å². The molecule has 1 heterocycles. The number of carboxylic acids is 1. The minimum absolute atomic E-state index is 0.0669. The topological polar surface area (TPSA) is 84.9 Å². The molecule has 2 N–H and O–H groups in total. The maximum absolute atomic E-state index is 12.0. The lowest BCUT2D eigenvalue weighted by molar-refractivity contribution is -0.136. The van der Waals surface area contributed by atoms with Gasteiger partial charge in [-0.3, -0.25) is 9.59 Å². The zero-order valence-electron chi connectivity index (χ0n) is 14.2. The highest BCUT2D eigenvalue weighted by molar-refractivity contribution is 7.98. The van der Waals surface area contributed by atoms with E-state index in [2.05, 4.69) is 5.32 Å². The monoisotopic (exact) mass is 367 g/mol. The van der Waals surface area contributed by atoms with Crippen LogP contribution in [0.3, 0.4) is 0 Å². The molecule has 0 saturated carbocycles. The molecule has 1 aromatic carbocycles. The Balaban J connectivity index is 1.67. The predicted octanol–water partition coefficient (Wildman–Crippen LogP) is 2.92. The Labute approximate surface area is 152 Å². The maximum atomic E-state index is 12.0. The first-order valence-corrected chi connectivity index (χ1v) is 9.66. The summed E-state index contributed by atoms with van der Waals surface area (Å²) in [4.78, 5) is 22.5. The number of nitrogens with one attached hydrogen (secondary N) is 1. The van der Waals surface area contributed by atoms with Gasteiger partial charge in [-0.1, -0.05) is 12.1 Å². The van der Waals surface area contributed by atoms with E-state index in [1.54, 1.807) is 11.8 Å². The zero-order valence-corrected chi connectivity index (χ0v) is 15.1. The Morgan fingerprint density at radius 2 is 2.08 bits per heavy atom. The van der Waals surface area contributed by atoms with Crippen LogP contribution in [-0.4, -0.2) is 48.7 Å². The van der Waals surface area contributed by atoms with E-state index < -0.39 is 5.97 Å². The lowest BCUT2D eigenvalue weighted by atomic mass is 10.1. The van der Waals surface area contributed by atoms with Crippen LogP contribution in [0.4, 0.5) is 5.69 Å². The highest BCUT2D eigenvalue weighted by Gasteiger charge is 2.14. The molecule has 2 rings (SSSR count). The number of thioether (sulfide) groups is 1. The van der Waals surface area contributed by atoms with Crippen molar-refractivity contribution in [3.63, 3.8) is 0 Å². The third-order valence-corrected chi connectivity index (χ3v) is 4.82. The predicted molar refractivity (Wildman–Crippen MR) is 97.9 cm³/mol. The molecule has 0 unspecified atom stereocenters. The molecule has 0 aromatic heterocycles. The van der Waals surface area contributed by atoms with Gasteiger partial charge in [0.1, 0.15) is 0 Å². The second-order valence-corrected chi connectivity index (χ2v) is 6.98. The number of amides is 1. The lowest BCUT2D eigenvalue weighted by Gasteiger charge is -2.22. The molecule has 0 aliphatic carbocycles. The quantitative estimate of drug-likeness (QED) is 0.619. The van der Waals surface area contributed by atoms with Crippen LogP contribution in [0.5, 0.6) is 0 Å². The van der Waals surface area contributed by atoms with Crippen LogP contribution < -0.4 is 5.32 Å². The van der Waals surface area contributed by atoms with Gasteiger partial charge in [-0.25, -0.2) is 0 Å². The molecule has 1 amide bonds. The van der Waals surface area contributed by atoms with Gasteiger partial charge in [-0.2, -0.15) is 11.8 Å². The largest absolute Gasteiger partial charge is 0.481 e. The molecule has 1 aromatic rings. The smallest absolute Gasteiger partial charge is 0.304 e. The molecular formula is C18H25NO5S. The molecule has 1 aliphatic rings. The lowest BCUT2D eigenvalue weighted by Crippen LogP contribution is -2.25. The first kappa shape index (κ1) is 19.8. The van der Waals surface area contributed by atoms with Gasteiger partial charge < -0.3 is 19.9 Å². The molecule has 1 fully saturated rings. The molecule has 0 atom stereocenters. The van der Waals surface area contributed by atoms with Crippen LogP contribution in [0.15, 0.2) is 24.3 Å². The van der Waals surface area contributed by atoms with Gasteiger partial charge in [0.05, 0.1) is 25.6 Å². The summed E-state index contributed by atoms with van der Waals surface area (Å²) >= 11 is 1.57. The zero-order chi connectivity index (χ0) is 17.9. The van der Waals surface area contributed by atoms with Gasteiger partial charge in [0, 0.05) is 30.4 Å². The summed E-state index contributed by atoms with van der Waals surface area (Å²) in [5, 5.41) is 11.5. The normalized spacial score (nSPS) is 15.0. The Bertz CT molecular complexity index is 560. The molecule has 1 aliphatic heterocycles. The molecule has 25 heavy (non-hydrogen) atoms.